The summed E-state index contributed by atoms with van der Waals surface area (Å²) in [7, 11) is 0. The number of hydrogen-bond acceptors (Lipinski definition) is 2. The normalized spacial score (nSPS) is 20.4. The van der Waals surface area contributed by atoms with E-state index in [4.69, 9.17) is 9.72 Å². The Kier molecular flexibility index (Phi) is 9.01. The molecule has 2 fully saturated rings. The SMILES string of the molecule is Cc1cccc([N@+]23[CH-][N+]2(c2[c-]c(Oc4[c-]c5c(cc4)c4ccccc4n5-c4cc(C(C)(C)C)ccn4)cc(C(C)(C)C)c2)c2ccccc23)c1C1CCCCC1.[Pt]. The third-order valence-corrected chi connectivity index (χ3v) is 12.8. The zero-order valence-electron chi connectivity index (χ0n) is 34.1. The van der Waals surface area contributed by atoms with Gasteiger partial charge in [0.2, 0.25) is 11.4 Å². The van der Waals surface area contributed by atoms with Crippen LogP contribution in [0.5, 0.6) is 11.5 Å². The van der Waals surface area contributed by atoms with E-state index in [9.17, 15) is 0 Å². The fraction of sp³-hybridized carbons (Fsp3) is 0.294. The first-order chi connectivity index (χ1) is 26.9. The van der Waals surface area contributed by atoms with Crippen LogP contribution >= 0.6 is 0 Å². The Balaban J connectivity index is 0.00000422. The second-order valence-electron chi connectivity index (χ2n) is 18.4. The molecule has 6 heteroatoms. The van der Waals surface area contributed by atoms with Gasteiger partial charge < -0.3 is 9.30 Å². The number of nitrogens with zero attached hydrogens (tertiary/aromatic N) is 4. The fourth-order valence-electron chi connectivity index (χ4n) is 9.79. The molecule has 2 atom stereocenters. The number of fused-ring (bicyclic) bond motifs is 7. The van der Waals surface area contributed by atoms with Crippen LogP contribution in [0.3, 0.4) is 0 Å². The monoisotopic (exact) mass is 930 g/mol. The molecule has 7 aromatic rings. The minimum absolute atomic E-state index is 0. The molecule has 0 spiro atoms. The molecule has 57 heavy (non-hydrogen) atoms. The van der Waals surface area contributed by atoms with Crippen LogP contribution in [0.25, 0.3) is 27.6 Å². The molecule has 10 rings (SSSR count). The standard InChI is InChI=1S/C51H51N4O.Pt/c1-34-16-15-23-47(49(34)35-17-9-8-10-18-35)55-33-54(55,45-21-13-14-22-46(45)55)38-28-37(51(5,6)7)29-40(31-38)56-39-24-25-42-41-19-11-12-20-43(41)53(44(42)32-39)48-30-36(26-27-52-48)50(2,3)4;/h11-16,19-30,33,35H,8-10,17-18H2,1-7H3;/q-1;/t54?,55-;/m1./s1. The maximum atomic E-state index is 6.90. The molecule has 292 valence electrons. The van der Waals surface area contributed by atoms with E-state index in [1.54, 1.807) is 5.56 Å². The van der Waals surface area contributed by atoms with Crippen LogP contribution in [0.1, 0.15) is 102 Å². The molecule has 1 saturated carbocycles. The zero-order chi connectivity index (χ0) is 38.6. The van der Waals surface area contributed by atoms with Gasteiger partial charge >= 0.3 is 0 Å². The Morgan fingerprint density at radius 2 is 1.39 bits per heavy atom. The van der Waals surface area contributed by atoms with Gasteiger partial charge in [0.1, 0.15) is 5.82 Å². The molecule has 0 bridgehead atoms. The van der Waals surface area contributed by atoms with E-state index in [1.807, 2.05) is 12.3 Å². The van der Waals surface area contributed by atoms with Gasteiger partial charge in [-0.15, -0.1) is 35.2 Å². The average molecular weight is 931 g/mol. The van der Waals surface area contributed by atoms with Crippen LogP contribution in [0.4, 0.5) is 22.7 Å². The summed E-state index contributed by atoms with van der Waals surface area (Å²) in [6.45, 7) is 18.4. The van der Waals surface area contributed by atoms with E-state index < -0.39 is 0 Å². The van der Waals surface area contributed by atoms with Crippen molar-refractivity contribution in [3.8, 4) is 17.3 Å². The van der Waals surface area contributed by atoms with Gasteiger partial charge in [-0.05, 0) is 71.2 Å². The van der Waals surface area contributed by atoms with Crippen LogP contribution in [0.2, 0.25) is 0 Å². The van der Waals surface area contributed by atoms with Gasteiger partial charge in [0.25, 0.3) is 0 Å². The molecule has 5 aromatic carbocycles. The van der Waals surface area contributed by atoms with Gasteiger partial charge in [0.15, 0.2) is 12.4 Å². The molecule has 1 aliphatic carbocycles. The molecule has 1 unspecified atom stereocenters. The van der Waals surface area contributed by atoms with Crippen molar-refractivity contribution in [1.29, 1.82) is 0 Å². The summed E-state index contributed by atoms with van der Waals surface area (Å²) in [6, 6.07) is 45.1. The van der Waals surface area contributed by atoms with Crippen LogP contribution in [-0.2, 0) is 31.9 Å². The molecule has 0 amide bonds. The van der Waals surface area contributed by atoms with Crippen molar-refractivity contribution in [1.82, 2.24) is 18.7 Å². The van der Waals surface area contributed by atoms with Gasteiger partial charge in [-0.3, -0.25) is 0 Å². The molecule has 0 radical (unpaired) electrons. The van der Waals surface area contributed by atoms with Crippen molar-refractivity contribution >= 4 is 44.6 Å². The second kappa shape index (κ2) is 13.5. The van der Waals surface area contributed by atoms with E-state index in [0.717, 1.165) is 27.9 Å². The van der Waals surface area contributed by atoms with Crippen LogP contribution in [0, 0.1) is 25.7 Å². The van der Waals surface area contributed by atoms with E-state index in [1.165, 1.54) is 71.2 Å². The van der Waals surface area contributed by atoms with Gasteiger partial charge in [-0.1, -0.05) is 115 Å². The largest absolute Gasteiger partial charge is 0.509 e. The minimum Gasteiger partial charge on any atom is -0.509 e. The first-order valence-electron chi connectivity index (χ1n) is 20.4. The molecule has 2 aliphatic heterocycles. The van der Waals surface area contributed by atoms with E-state index in [2.05, 4.69) is 169 Å². The van der Waals surface area contributed by atoms with Crippen LogP contribution in [0.15, 0.2) is 109 Å². The predicted octanol–water partition coefficient (Wildman–Crippen LogP) is 13.9. The summed E-state index contributed by atoms with van der Waals surface area (Å²) in [6.07, 6.45) is 8.41. The smallest absolute Gasteiger partial charge is 0.225 e. The molecule has 4 heterocycles. The number of hydrogen-bond donors (Lipinski definition) is 0. The quantitative estimate of drug-likeness (QED) is 0.0944. The minimum atomic E-state index is -0.114. The summed E-state index contributed by atoms with van der Waals surface area (Å²) in [5.74, 6) is 2.82. The molecule has 1 saturated heterocycles. The van der Waals surface area contributed by atoms with E-state index in [0.29, 0.717) is 26.6 Å². The maximum Gasteiger partial charge on any atom is 0.225 e. The molecule has 3 aliphatic rings. The van der Waals surface area contributed by atoms with E-state index in [-0.39, 0.29) is 31.9 Å². The number of benzene rings is 5. The molecule has 0 N–H and O–H groups in total. The van der Waals surface area contributed by atoms with Crippen LogP contribution < -0.4 is 13.9 Å². The van der Waals surface area contributed by atoms with Crippen molar-refractivity contribution in [2.45, 2.75) is 97.3 Å². The number of quaternary nitrogens is 2. The first-order valence-corrected chi connectivity index (χ1v) is 20.4. The maximum absolute atomic E-state index is 6.90. The summed E-state index contributed by atoms with van der Waals surface area (Å²) in [5.41, 5.74) is 12.5. The van der Waals surface area contributed by atoms with Gasteiger partial charge in [-0.25, -0.2) is 9.58 Å². The number of rotatable bonds is 6. The summed E-state index contributed by atoms with van der Waals surface area (Å²) >= 11 is 0. The number of aryl methyl sites for hydroxylation is 1. The Labute approximate surface area is 352 Å². The summed E-state index contributed by atoms with van der Waals surface area (Å²) in [5, 5.41) is 2.28. The number of ether oxygens (including phenoxy) is 1. The number of pyridine rings is 1. The van der Waals surface area contributed by atoms with Crippen molar-refractivity contribution < 1.29 is 25.8 Å². The molecule has 2 aromatic heterocycles. The average Bonchev–Trinajstić information content (AvgIpc) is 3.67. The Morgan fingerprint density at radius 1 is 0.684 bits per heavy atom. The Hall–Kier alpha value is -4.54. The summed E-state index contributed by atoms with van der Waals surface area (Å²) < 4.78 is 10.4. The van der Waals surface area contributed by atoms with Crippen molar-refractivity contribution in [3.63, 3.8) is 0 Å². The van der Waals surface area contributed by atoms with Crippen LogP contribution in [-0.4, -0.2) is 9.55 Å². The third kappa shape index (κ3) is 5.79. The van der Waals surface area contributed by atoms with Crippen molar-refractivity contribution in [2.24, 2.45) is 0 Å². The fourth-order valence-corrected chi connectivity index (χ4v) is 9.79. The molecule has 5 nitrogen and oxygen atoms in total. The first kappa shape index (κ1) is 38.0. The van der Waals surface area contributed by atoms with Gasteiger partial charge in [0.05, 0.1) is 5.69 Å². The van der Waals surface area contributed by atoms with Gasteiger partial charge in [-0.2, -0.15) is 10.7 Å². The molecular weight excluding hydrogens is 880 g/mol. The summed E-state index contributed by atoms with van der Waals surface area (Å²) in [4.78, 5) is 4.89. The Morgan fingerprint density at radius 3 is 2.14 bits per heavy atom. The van der Waals surface area contributed by atoms with Crippen molar-refractivity contribution in [2.75, 3.05) is 0 Å². The van der Waals surface area contributed by atoms with Crippen molar-refractivity contribution in [3.05, 3.63) is 150 Å². The molecular formula is C51H51N4OPt-. The number of para-hydroxylation sites is 3. The Bertz CT molecular complexity index is 2690. The second-order valence-corrected chi connectivity index (χ2v) is 18.4. The predicted molar refractivity (Wildman–Crippen MR) is 231 cm³/mol. The third-order valence-electron chi connectivity index (χ3n) is 12.8. The number of aromatic nitrogens is 2. The van der Waals surface area contributed by atoms with E-state index >= 15 is 0 Å². The van der Waals surface area contributed by atoms with Gasteiger partial charge in [0, 0.05) is 68.0 Å². The zero-order valence-corrected chi connectivity index (χ0v) is 36.4. The topological polar surface area (TPSA) is 27.1 Å².